The van der Waals surface area contributed by atoms with Gasteiger partial charge in [-0.05, 0) is 38.7 Å². The molecule has 0 saturated carbocycles. The number of halogens is 1. The maximum absolute atomic E-state index is 11.9. The summed E-state index contributed by atoms with van der Waals surface area (Å²) >= 11 is 3.52. The number of ether oxygens (including phenoxy) is 2. The molecule has 0 bridgehead atoms. The Kier molecular flexibility index (Phi) is 5.88. The molecule has 0 N–H and O–H groups in total. The minimum absolute atomic E-state index is 0.0633. The normalized spacial score (nSPS) is 11.1. The molecule has 6 nitrogen and oxygen atoms in total. The summed E-state index contributed by atoms with van der Waals surface area (Å²) in [6.45, 7) is 3.87. The van der Waals surface area contributed by atoms with Crippen LogP contribution < -0.4 is 4.74 Å². The van der Waals surface area contributed by atoms with E-state index >= 15 is 0 Å². The molecule has 0 aliphatic carbocycles. The molecule has 7 heteroatoms. The van der Waals surface area contributed by atoms with Crippen LogP contribution in [0.2, 0.25) is 0 Å². The monoisotopic (exact) mass is 418 g/mol. The second-order valence-electron chi connectivity index (χ2n) is 6.25. The third-order valence-electron chi connectivity index (χ3n) is 3.63. The van der Waals surface area contributed by atoms with Gasteiger partial charge in [-0.2, -0.15) is 4.98 Å². The molecule has 26 heavy (non-hydrogen) atoms. The lowest BCUT2D eigenvalue weighted by Gasteiger charge is -2.09. The van der Waals surface area contributed by atoms with Crippen LogP contribution in [0, 0.1) is 5.92 Å². The molecule has 0 radical (unpaired) electrons. The summed E-state index contributed by atoms with van der Waals surface area (Å²) in [6.07, 6.45) is 0.719. The highest BCUT2D eigenvalue weighted by Gasteiger charge is 2.12. The lowest BCUT2D eigenvalue weighted by Crippen LogP contribution is -2.15. The number of hydrogen-bond acceptors (Lipinski definition) is 6. The summed E-state index contributed by atoms with van der Waals surface area (Å²) in [5, 5.41) is 5.96. The number of nitrogens with zero attached hydrogens (tertiary/aromatic N) is 2. The third-order valence-corrected chi connectivity index (χ3v) is 4.45. The summed E-state index contributed by atoms with van der Waals surface area (Å²) in [4.78, 5) is 16.1. The zero-order valence-corrected chi connectivity index (χ0v) is 16.2. The zero-order valence-electron chi connectivity index (χ0n) is 14.6. The Morgan fingerprint density at radius 1 is 1.23 bits per heavy atom. The highest BCUT2D eigenvalue weighted by Crippen LogP contribution is 2.32. The molecule has 0 atom stereocenters. The van der Waals surface area contributed by atoms with Crippen LogP contribution in [0.15, 0.2) is 45.4 Å². The largest absolute Gasteiger partial charge is 0.481 e. The number of rotatable bonds is 7. The SMILES string of the molecule is CC(C)Cc1noc(COC(=O)COc2ccc3ccccc3c2Br)n1. The van der Waals surface area contributed by atoms with Crippen molar-refractivity contribution in [2.75, 3.05) is 6.61 Å². The fourth-order valence-corrected chi connectivity index (χ4v) is 3.05. The second-order valence-corrected chi connectivity index (χ2v) is 7.04. The van der Waals surface area contributed by atoms with Crippen molar-refractivity contribution in [1.82, 2.24) is 10.1 Å². The van der Waals surface area contributed by atoms with Gasteiger partial charge in [0.05, 0.1) is 4.47 Å². The van der Waals surface area contributed by atoms with Gasteiger partial charge in [-0.25, -0.2) is 4.79 Å². The number of aromatic nitrogens is 2. The number of hydrogen-bond donors (Lipinski definition) is 0. The second kappa shape index (κ2) is 8.31. The number of esters is 1. The Hall–Kier alpha value is -2.41. The quantitative estimate of drug-likeness (QED) is 0.532. The van der Waals surface area contributed by atoms with E-state index in [-0.39, 0.29) is 19.1 Å². The van der Waals surface area contributed by atoms with E-state index in [1.54, 1.807) is 0 Å². The molecular weight excluding hydrogens is 400 g/mol. The van der Waals surface area contributed by atoms with Crippen LogP contribution in [0.3, 0.4) is 0 Å². The Labute approximate surface area is 159 Å². The molecule has 1 aromatic heterocycles. The van der Waals surface area contributed by atoms with Gasteiger partial charge in [-0.3, -0.25) is 0 Å². The van der Waals surface area contributed by atoms with E-state index in [0.717, 1.165) is 21.7 Å². The Morgan fingerprint density at radius 2 is 2.04 bits per heavy atom. The van der Waals surface area contributed by atoms with Crippen LogP contribution in [0.1, 0.15) is 25.6 Å². The molecule has 1 heterocycles. The average Bonchev–Trinajstić information content (AvgIpc) is 3.06. The first-order valence-electron chi connectivity index (χ1n) is 8.30. The van der Waals surface area contributed by atoms with Crippen molar-refractivity contribution in [2.24, 2.45) is 5.92 Å². The minimum Gasteiger partial charge on any atom is -0.481 e. The summed E-state index contributed by atoms with van der Waals surface area (Å²) in [7, 11) is 0. The number of benzene rings is 2. The first-order valence-corrected chi connectivity index (χ1v) is 9.09. The molecule has 0 aliphatic heterocycles. The van der Waals surface area contributed by atoms with E-state index in [4.69, 9.17) is 14.0 Å². The van der Waals surface area contributed by atoms with Crippen LogP contribution in [0.4, 0.5) is 0 Å². The molecule has 3 aromatic rings. The first kappa shape index (κ1) is 18.4. The first-order chi connectivity index (χ1) is 12.5. The van der Waals surface area contributed by atoms with Crippen molar-refractivity contribution in [1.29, 1.82) is 0 Å². The Balaban J connectivity index is 1.53. The molecule has 0 spiro atoms. The summed E-state index contributed by atoms with van der Waals surface area (Å²) in [5.74, 6) is 1.39. The smallest absolute Gasteiger partial charge is 0.344 e. The van der Waals surface area contributed by atoms with Gasteiger partial charge in [0.1, 0.15) is 5.75 Å². The lowest BCUT2D eigenvalue weighted by atomic mass is 10.1. The molecule has 0 saturated heterocycles. The van der Waals surface area contributed by atoms with Crippen molar-refractivity contribution in [3.05, 3.63) is 52.6 Å². The van der Waals surface area contributed by atoms with Gasteiger partial charge in [0.25, 0.3) is 5.89 Å². The molecule has 0 amide bonds. The van der Waals surface area contributed by atoms with Gasteiger partial charge >= 0.3 is 5.97 Å². The predicted octanol–water partition coefficient (Wildman–Crippen LogP) is 4.31. The van der Waals surface area contributed by atoms with Gasteiger partial charge < -0.3 is 14.0 Å². The maximum atomic E-state index is 11.9. The molecule has 3 rings (SSSR count). The fourth-order valence-electron chi connectivity index (χ4n) is 2.44. The van der Waals surface area contributed by atoms with E-state index in [1.165, 1.54) is 0 Å². The number of fused-ring (bicyclic) bond motifs is 1. The van der Waals surface area contributed by atoms with Crippen LogP contribution in [-0.4, -0.2) is 22.7 Å². The van der Waals surface area contributed by atoms with Crippen molar-refractivity contribution < 1.29 is 18.8 Å². The topological polar surface area (TPSA) is 74.5 Å². The standard InChI is InChI=1S/C19H19BrN2O4/c1-12(2)9-16-21-17(26-22-16)10-25-18(23)11-24-15-8-7-13-5-3-4-6-14(13)19(15)20/h3-8,12H,9-11H2,1-2H3. The fraction of sp³-hybridized carbons (Fsp3) is 0.316. The highest BCUT2D eigenvalue weighted by molar-refractivity contribution is 9.10. The Morgan fingerprint density at radius 3 is 2.85 bits per heavy atom. The lowest BCUT2D eigenvalue weighted by molar-refractivity contribution is -0.148. The Bertz CT molecular complexity index is 907. The third kappa shape index (κ3) is 4.60. The van der Waals surface area contributed by atoms with Crippen LogP contribution >= 0.6 is 15.9 Å². The van der Waals surface area contributed by atoms with Crippen LogP contribution in [0.5, 0.6) is 5.75 Å². The van der Waals surface area contributed by atoms with Gasteiger partial charge in [-0.15, -0.1) is 0 Å². The van der Waals surface area contributed by atoms with Crippen LogP contribution in [-0.2, 0) is 22.6 Å². The number of carbonyl (C=O) groups is 1. The molecular formula is C19H19BrN2O4. The zero-order chi connectivity index (χ0) is 18.5. The highest BCUT2D eigenvalue weighted by atomic mass is 79.9. The van der Waals surface area contributed by atoms with Gasteiger partial charge in [0, 0.05) is 6.42 Å². The van der Waals surface area contributed by atoms with Crippen molar-refractivity contribution in [3.8, 4) is 5.75 Å². The molecule has 0 fully saturated rings. The van der Waals surface area contributed by atoms with E-state index in [1.807, 2.05) is 36.4 Å². The maximum Gasteiger partial charge on any atom is 0.344 e. The van der Waals surface area contributed by atoms with E-state index < -0.39 is 5.97 Å². The van der Waals surface area contributed by atoms with Crippen molar-refractivity contribution >= 4 is 32.7 Å². The van der Waals surface area contributed by atoms with Gasteiger partial charge in [-0.1, -0.05) is 49.3 Å². The number of carbonyl (C=O) groups excluding carboxylic acids is 1. The minimum atomic E-state index is -0.506. The molecule has 136 valence electrons. The summed E-state index contributed by atoms with van der Waals surface area (Å²) < 4.78 is 16.5. The molecule has 0 aliphatic rings. The summed E-state index contributed by atoms with van der Waals surface area (Å²) in [6, 6.07) is 11.7. The predicted molar refractivity (Wildman–Crippen MR) is 99.8 cm³/mol. The van der Waals surface area contributed by atoms with Crippen molar-refractivity contribution in [2.45, 2.75) is 26.9 Å². The van der Waals surface area contributed by atoms with Crippen molar-refractivity contribution in [3.63, 3.8) is 0 Å². The van der Waals surface area contributed by atoms with E-state index in [2.05, 4.69) is 39.9 Å². The average molecular weight is 419 g/mol. The van der Waals surface area contributed by atoms with Gasteiger partial charge in [0.2, 0.25) is 0 Å². The van der Waals surface area contributed by atoms with Gasteiger partial charge in [0.15, 0.2) is 19.0 Å². The summed E-state index contributed by atoms with van der Waals surface area (Å²) in [5.41, 5.74) is 0. The van der Waals surface area contributed by atoms with E-state index in [9.17, 15) is 4.79 Å². The van der Waals surface area contributed by atoms with Crippen LogP contribution in [0.25, 0.3) is 10.8 Å². The van der Waals surface area contributed by atoms with E-state index in [0.29, 0.717) is 17.5 Å². The molecule has 2 aromatic carbocycles. The molecule has 0 unspecified atom stereocenters.